The Kier molecular flexibility index (Phi) is 5.48. The molecule has 2 atom stereocenters. The molecule has 116 valence electrons. The number of alkyl halides is 1. The Balaban J connectivity index is 2.04. The quantitative estimate of drug-likeness (QED) is 0.793. The fraction of sp³-hybridized carbons (Fsp3) is 0.611. The van der Waals surface area contributed by atoms with Crippen molar-refractivity contribution in [1.82, 2.24) is 5.32 Å². The van der Waals surface area contributed by atoms with Gasteiger partial charge in [0.2, 0.25) is 0 Å². The number of benzene rings is 1. The van der Waals surface area contributed by atoms with Crippen molar-refractivity contribution in [2.45, 2.75) is 45.4 Å². The van der Waals surface area contributed by atoms with Crippen molar-refractivity contribution in [2.75, 3.05) is 11.9 Å². The lowest BCUT2D eigenvalue weighted by atomic mass is 9.83. The summed E-state index contributed by atoms with van der Waals surface area (Å²) >= 11 is 3.59. The predicted molar refractivity (Wildman–Crippen MR) is 92.1 cm³/mol. The summed E-state index contributed by atoms with van der Waals surface area (Å²) < 4.78 is 0. The van der Waals surface area contributed by atoms with E-state index in [4.69, 9.17) is 0 Å². The zero-order valence-corrected chi connectivity index (χ0v) is 14.9. The number of amides is 1. The van der Waals surface area contributed by atoms with E-state index in [1.165, 1.54) is 19.3 Å². The van der Waals surface area contributed by atoms with Gasteiger partial charge in [-0.05, 0) is 41.7 Å². The van der Waals surface area contributed by atoms with Crippen LogP contribution in [0.15, 0.2) is 24.3 Å². The second-order valence-electron chi connectivity index (χ2n) is 7.11. The van der Waals surface area contributed by atoms with Crippen molar-refractivity contribution in [2.24, 2.45) is 11.8 Å². The summed E-state index contributed by atoms with van der Waals surface area (Å²) in [5.74, 6) is 1.40. The van der Waals surface area contributed by atoms with Crippen molar-refractivity contribution in [3.8, 4) is 0 Å². The van der Waals surface area contributed by atoms with Crippen LogP contribution in [0.3, 0.4) is 0 Å². The number of halogens is 1. The number of hydrogen-bond acceptors (Lipinski definition) is 1. The summed E-state index contributed by atoms with van der Waals surface area (Å²) in [5, 5.41) is 4.21. The molecule has 0 heterocycles. The normalized spacial score (nSPS) is 22.3. The number of carbonyl (C=O) groups is 1. The van der Waals surface area contributed by atoms with E-state index in [9.17, 15) is 4.79 Å². The Morgan fingerprint density at radius 2 is 1.90 bits per heavy atom. The SMILES string of the molecule is CC(C)(C)c1ccccc1C(=O)NCC1CCCC1CBr. The van der Waals surface area contributed by atoms with E-state index in [1.54, 1.807) is 0 Å². The van der Waals surface area contributed by atoms with Crippen molar-refractivity contribution < 1.29 is 4.79 Å². The van der Waals surface area contributed by atoms with Crippen LogP contribution in [0.25, 0.3) is 0 Å². The molecule has 1 fully saturated rings. The van der Waals surface area contributed by atoms with Crippen LogP contribution in [0, 0.1) is 11.8 Å². The van der Waals surface area contributed by atoms with Gasteiger partial charge in [0.1, 0.15) is 0 Å². The second kappa shape index (κ2) is 6.95. The fourth-order valence-electron chi connectivity index (χ4n) is 3.24. The van der Waals surface area contributed by atoms with Crippen LogP contribution in [0.5, 0.6) is 0 Å². The molecule has 1 N–H and O–H groups in total. The van der Waals surface area contributed by atoms with Crippen LogP contribution in [-0.4, -0.2) is 17.8 Å². The highest BCUT2D eigenvalue weighted by Gasteiger charge is 2.27. The maximum Gasteiger partial charge on any atom is 0.251 e. The molecule has 1 aliphatic rings. The van der Waals surface area contributed by atoms with Gasteiger partial charge in [-0.2, -0.15) is 0 Å². The summed E-state index contributed by atoms with van der Waals surface area (Å²) in [6.07, 6.45) is 3.80. The van der Waals surface area contributed by atoms with Crippen LogP contribution in [0.1, 0.15) is 56.0 Å². The Hall–Kier alpha value is -0.830. The highest BCUT2D eigenvalue weighted by molar-refractivity contribution is 9.09. The van der Waals surface area contributed by atoms with Crippen LogP contribution >= 0.6 is 15.9 Å². The molecule has 2 rings (SSSR count). The Morgan fingerprint density at radius 1 is 1.24 bits per heavy atom. The zero-order valence-electron chi connectivity index (χ0n) is 13.3. The molecule has 21 heavy (non-hydrogen) atoms. The van der Waals surface area contributed by atoms with Gasteiger partial charge in [0, 0.05) is 17.4 Å². The molecule has 1 amide bonds. The molecular weight excluding hydrogens is 326 g/mol. The highest BCUT2D eigenvalue weighted by Crippen LogP contribution is 2.32. The van der Waals surface area contributed by atoms with E-state index in [2.05, 4.69) is 48.1 Å². The Bertz CT molecular complexity index is 492. The average Bonchev–Trinajstić information content (AvgIpc) is 2.91. The third kappa shape index (κ3) is 4.09. The lowest BCUT2D eigenvalue weighted by Crippen LogP contribution is -2.32. The van der Waals surface area contributed by atoms with Gasteiger partial charge in [-0.1, -0.05) is 61.3 Å². The highest BCUT2D eigenvalue weighted by atomic mass is 79.9. The summed E-state index contributed by atoms with van der Waals surface area (Å²) in [6.45, 7) is 7.25. The van der Waals surface area contributed by atoms with Gasteiger partial charge in [0.15, 0.2) is 0 Å². The summed E-state index contributed by atoms with van der Waals surface area (Å²) in [4.78, 5) is 12.5. The van der Waals surface area contributed by atoms with Gasteiger partial charge < -0.3 is 5.32 Å². The third-order valence-corrected chi connectivity index (χ3v) is 5.35. The lowest BCUT2D eigenvalue weighted by Gasteiger charge is -2.23. The van der Waals surface area contributed by atoms with Crippen molar-refractivity contribution in [3.05, 3.63) is 35.4 Å². The van der Waals surface area contributed by atoms with Gasteiger partial charge in [0.05, 0.1) is 0 Å². The molecule has 2 nitrogen and oxygen atoms in total. The van der Waals surface area contributed by atoms with Crippen LogP contribution in [-0.2, 0) is 5.41 Å². The maximum atomic E-state index is 12.5. The van der Waals surface area contributed by atoms with E-state index in [0.29, 0.717) is 11.8 Å². The average molecular weight is 352 g/mol. The molecule has 0 aliphatic heterocycles. The summed E-state index contributed by atoms with van der Waals surface area (Å²) in [6, 6.07) is 7.95. The number of nitrogens with one attached hydrogen (secondary N) is 1. The molecule has 0 aromatic heterocycles. The monoisotopic (exact) mass is 351 g/mol. The molecule has 2 unspecified atom stereocenters. The first kappa shape index (κ1) is 16.5. The van der Waals surface area contributed by atoms with Gasteiger partial charge in [0.25, 0.3) is 5.91 Å². The van der Waals surface area contributed by atoms with Gasteiger partial charge in [-0.3, -0.25) is 4.79 Å². The Labute approximate surface area is 136 Å². The number of hydrogen-bond donors (Lipinski definition) is 1. The molecule has 3 heteroatoms. The van der Waals surface area contributed by atoms with Gasteiger partial charge in [-0.15, -0.1) is 0 Å². The molecule has 0 bridgehead atoms. The molecule has 0 saturated heterocycles. The van der Waals surface area contributed by atoms with E-state index in [0.717, 1.165) is 23.0 Å². The van der Waals surface area contributed by atoms with Crippen LogP contribution < -0.4 is 5.32 Å². The van der Waals surface area contributed by atoms with Gasteiger partial charge >= 0.3 is 0 Å². The Morgan fingerprint density at radius 3 is 2.57 bits per heavy atom. The lowest BCUT2D eigenvalue weighted by molar-refractivity contribution is 0.0942. The molecule has 1 aromatic carbocycles. The topological polar surface area (TPSA) is 29.1 Å². The standard InChI is InChI=1S/C18H26BrNO/c1-18(2,3)16-10-5-4-9-15(16)17(21)20-12-14-8-6-7-13(14)11-19/h4-5,9-10,13-14H,6-8,11-12H2,1-3H3,(H,20,21). The summed E-state index contributed by atoms with van der Waals surface area (Å²) in [5.41, 5.74) is 1.92. The first-order valence-electron chi connectivity index (χ1n) is 7.87. The smallest absolute Gasteiger partial charge is 0.251 e. The second-order valence-corrected chi connectivity index (χ2v) is 7.76. The molecule has 1 aliphatic carbocycles. The predicted octanol–water partition coefficient (Wildman–Crippen LogP) is 4.53. The van der Waals surface area contributed by atoms with E-state index >= 15 is 0 Å². The zero-order chi connectivity index (χ0) is 15.5. The fourth-order valence-corrected chi connectivity index (χ4v) is 4.09. The van der Waals surface area contributed by atoms with E-state index in [1.807, 2.05) is 18.2 Å². The molecular formula is C18H26BrNO. The first-order chi connectivity index (χ1) is 9.93. The first-order valence-corrected chi connectivity index (χ1v) is 8.99. The minimum Gasteiger partial charge on any atom is -0.352 e. The van der Waals surface area contributed by atoms with Crippen molar-refractivity contribution in [3.63, 3.8) is 0 Å². The molecule has 1 saturated carbocycles. The summed E-state index contributed by atoms with van der Waals surface area (Å²) in [7, 11) is 0. The van der Waals surface area contributed by atoms with Gasteiger partial charge in [-0.25, -0.2) is 0 Å². The van der Waals surface area contributed by atoms with Crippen molar-refractivity contribution >= 4 is 21.8 Å². The number of rotatable bonds is 4. The molecule has 0 spiro atoms. The minimum absolute atomic E-state index is 0.0142. The van der Waals surface area contributed by atoms with E-state index in [-0.39, 0.29) is 11.3 Å². The minimum atomic E-state index is -0.0142. The largest absolute Gasteiger partial charge is 0.352 e. The van der Waals surface area contributed by atoms with E-state index < -0.39 is 0 Å². The van der Waals surface area contributed by atoms with Crippen LogP contribution in [0.2, 0.25) is 0 Å². The van der Waals surface area contributed by atoms with Crippen LogP contribution in [0.4, 0.5) is 0 Å². The molecule has 0 radical (unpaired) electrons. The maximum absolute atomic E-state index is 12.5. The van der Waals surface area contributed by atoms with Crippen molar-refractivity contribution in [1.29, 1.82) is 0 Å². The molecule has 1 aromatic rings. The third-order valence-electron chi connectivity index (χ3n) is 4.52. The number of carbonyl (C=O) groups excluding carboxylic acids is 1.